The lowest BCUT2D eigenvalue weighted by molar-refractivity contribution is -0.134. The zero-order valence-corrected chi connectivity index (χ0v) is 14.7. The second-order valence-corrected chi connectivity index (χ2v) is 5.59. The van der Waals surface area contributed by atoms with Gasteiger partial charge >= 0.3 is 11.9 Å². The van der Waals surface area contributed by atoms with E-state index in [0.717, 1.165) is 11.4 Å². The molecule has 6 heteroatoms. The van der Waals surface area contributed by atoms with Crippen LogP contribution in [-0.2, 0) is 16.0 Å². The Hall–Kier alpha value is -2.63. The minimum Gasteiger partial charge on any atom is -0.478 e. The van der Waals surface area contributed by atoms with Gasteiger partial charge in [-0.15, -0.1) is 0 Å². The van der Waals surface area contributed by atoms with Crippen molar-refractivity contribution in [1.82, 2.24) is 6.15 Å². The number of carboxylic acids is 2. The fourth-order valence-electron chi connectivity index (χ4n) is 2.04. The highest BCUT2D eigenvalue weighted by molar-refractivity contribution is 6.30. The van der Waals surface area contributed by atoms with Crippen molar-refractivity contribution in [2.75, 3.05) is 0 Å². The number of benzene rings is 2. The molecule has 0 heterocycles. The van der Waals surface area contributed by atoms with Gasteiger partial charge in [-0.1, -0.05) is 61.0 Å². The SMILES string of the molecule is CC(Cc1ccccc1)c1cccc(Cl)c1.N.O=C(O)C=CC(=O)O. The van der Waals surface area contributed by atoms with Crippen LogP contribution in [0.5, 0.6) is 0 Å². The van der Waals surface area contributed by atoms with Crippen LogP contribution in [0.1, 0.15) is 24.0 Å². The first-order valence-electron chi connectivity index (χ1n) is 7.32. The van der Waals surface area contributed by atoms with Crippen molar-refractivity contribution in [2.45, 2.75) is 19.3 Å². The molecule has 2 aromatic rings. The van der Waals surface area contributed by atoms with Gasteiger partial charge < -0.3 is 16.4 Å². The number of halogens is 1. The third-order valence-corrected chi connectivity index (χ3v) is 3.41. The van der Waals surface area contributed by atoms with Crippen molar-refractivity contribution < 1.29 is 19.8 Å². The summed E-state index contributed by atoms with van der Waals surface area (Å²) in [6.45, 7) is 2.23. The molecule has 134 valence electrons. The number of aliphatic carboxylic acids is 2. The summed E-state index contributed by atoms with van der Waals surface area (Å²) in [6.07, 6.45) is 2.17. The van der Waals surface area contributed by atoms with Crippen LogP contribution in [0.4, 0.5) is 0 Å². The average molecular weight is 364 g/mol. The molecular formula is C19H22ClNO4. The molecule has 0 bridgehead atoms. The van der Waals surface area contributed by atoms with E-state index < -0.39 is 11.9 Å². The molecule has 0 saturated carbocycles. The van der Waals surface area contributed by atoms with Crippen LogP contribution >= 0.6 is 11.6 Å². The summed E-state index contributed by atoms with van der Waals surface area (Å²) >= 11 is 5.99. The lowest BCUT2D eigenvalue weighted by Gasteiger charge is -2.12. The van der Waals surface area contributed by atoms with Crippen molar-refractivity contribution in [2.24, 2.45) is 0 Å². The van der Waals surface area contributed by atoms with E-state index in [2.05, 4.69) is 43.3 Å². The summed E-state index contributed by atoms with van der Waals surface area (Å²) in [5.41, 5.74) is 2.67. The van der Waals surface area contributed by atoms with Gasteiger partial charge in [-0.05, 0) is 35.6 Å². The zero-order chi connectivity index (χ0) is 17.9. The van der Waals surface area contributed by atoms with Gasteiger partial charge in [0.25, 0.3) is 0 Å². The Morgan fingerprint density at radius 1 is 1.00 bits per heavy atom. The zero-order valence-electron chi connectivity index (χ0n) is 13.9. The van der Waals surface area contributed by atoms with E-state index in [0.29, 0.717) is 18.1 Å². The van der Waals surface area contributed by atoms with Gasteiger partial charge in [0.2, 0.25) is 0 Å². The molecular weight excluding hydrogens is 342 g/mol. The summed E-state index contributed by atoms with van der Waals surface area (Å²) in [5.74, 6) is -2.01. The summed E-state index contributed by atoms with van der Waals surface area (Å²) in [4.78, 5) is 19.1. The summed E-state index contributed by atoms with van der Waals surface area (Å²) in [5, 5.41) is 16.4. The van der Waals surface area contributed by atoms with Crippen molar-refractivity contribution in [3.8, 4) is 0 Å². The molecule has 2 aromatic carbocycles. The third-order valence-electron chi connectivity index (χ3n) is 3.17. The summed E-state index contributed by atoms with van der Waals surface area (Å²) in [7, 11) is 0. The smallest absolute Gasteiger partial charge is 0.328 e. The van der Waals surface area contributed by atoms with Crippen molar-refractivity contribution in [1.29, 1.82) is 0 Å². The molecule has 0 amide bonds. The summed E-state index contributed by atoms with van der Waals surface area (Å²) < 4.78 is 0. The maximum absolute atomic E-state index is 9.55. The fourth-order valence-corrected chi connectivity index (χ4v) is 2.24. The highest BCUT2D eigenvalue weighted by Gasteiger charge is 2.06. The second-order valence-electron chi connectivity index (χ2n) is 5.16. The van der Waals surface area contributed by atoms with Crippen LogP contribution < -0.4 is 6.15 Å². The highest BCUT2D eigenvalue weighted by Crippen LogP contribution is 2.22. The average Bonchev–Trinajstić information content (AvgIpc) is 2.54. The largest absolute Gasteiger partial charge is 0.478 e. The summed E-state index contributed by atoms with van der Waals surface area (Å²) in [6, 6.07) is 18.7. The molecule has 0 saturated heterocycles. The molecule has 5 nitrogen and oxygen atoms in total. The predicted molar refractivity (Wildman–Crippen MR) is 99.4 cm³/mol. The number of hydrogen-bond donors (Lipinski definition) is 3. The van der Waals surface area contributed by atoms with E-state index in [1.165, 1.54) is 11.1 Å². The normalized spacial score (nSPS) is 11.0. The number of carboxylic acid groups (broad SMARTS) is 2. The Kier molecular flexibility index (Phi) is 10.6. The van der Waals surface area contributed by atoms with Crippen molar-refractivity contribution >= 4 is 23.5 Å². The molecule has 0 spiro atoms. The van der Waals surface area contributed by atoms with Gasteiger partial charge in [-0.2, -0.15) is 0 Å². The van der Waals surface area contributed by atoms with Crippen LogP contribution in [0.15, 0.2) is 66.7 Å². The Morgan fingerprint density at radius 2 is 1.56 bits per heavy atom. The van der Waals surface area contributed by atoms with Gasteiger partial charge in [-0.25, -0.2) is 9.59 Å². The van der Waals surface area contributed by atoms with E-state index in [1.54, 1.807) is 0 Å². The molecule has 0 aliphatic carbocycles. The van der Waals surface area contributed by atoms with Crippen LogP contribution in [0.25, 0.3) is 0 Å². The van der Waals surface area contributed by atoms with Crippen LogP contribution in [0, 0.1) is 0 Å². The van der Waals surface area contributed by atoms with Gasteiger partial charge in [0.15, 0.2) is 0 Å². The number of carbonyl (C=O) groups is 2. The van der Waals surface area contributed by atoms with E-state index in [4.69, 9.17) is 21.8 Å². The Morgan fingerprint density at radius 3 is 2.04 bits per heavy atom. The maximum Gasteiger partial charge on any atom is 0.328 e. The minimum atomic E-state index is -1.26. The second kappa shape index (κ2) is 11.8. The Labute approximate surface area is 152 Å². The van der Waals surface area contributed by atoms with E-state index in [9.17, 15) is 9.59 Å². The fraction of sp³-hybridized carbons (Fsp3) is 0.158. The highest BCUT2D eigenvalue weighted by atomic mass is 35.5. The standard InChI is InChI=1S/C15H15Cl.C4H4O4.H3N/c1-12(10-13-6-3-2-4-7-13)14-8-5-9-15(16)11-14;5-3(6)1-2-4(7)8;/h2-9,11-12H,10H2,1H3;1-2H,(H,5,6)(H,7,8);1H3. The van der Waals surface area contributed by atoms with Gasteiger partial charge in [0, 0.05) is 17.2 Å². The Balaban J connectivity index is 0.000000552. The molecule has 2 rings (SSSR count). The Bertz CT molecular complexity index is 686. The topological polar surface area (TPSA) is 110 Å². The molecule has 25 heavy (non-hydrogen) atoms. The quantitative estimate of drug-likeness (QED) is 0.674. The molecule has 0 aliphatic rings. The van der Waals surface area contributed by atoms with E-state index in [-0.39, 0.29) is 6.15 Å². The maximum atomic E-state index is 9.55. The van der Waals surface area contributed by atoms with Crippen LogP contribution in [0.3, 0.4) is 0 Å². The number of hydrogen-bond acceptors (Lipinski definition) is 3. The van der Waals surface area contributed by atoms with Crippen LogP contribution in [0.2, 0.25) is 5.02 Å². The van der Waals surface area contributed by atoms with Gasteiger partial charge in [0.05, 0.1) is 0 Å². The molecule has 0 aliphatic heterocycles. The molecule has 1 atom stereocenters. The van der Waals surface area contributed by atoms with Crippen molar-refractivity contribution in [3.63, 3.8) is 0 Å². The number of rotatable bonds is 5. The monoisotopic (exact) mass is 363 g/mol. The lowest BCUT2D eigenvalue weighted by atomic mass is 9.94. The minimum absolute atomic E-state index is 0. The molecule has 0 fully saturated rings. The molecule has 5 N–H and O–H groups in total. The molecule has 1 unspecified atom stereocenters. The first-order valence-corrected chi connectivity index (χ1v) is 7.69. The van der Waals surface area contributed by atoms with E-state index in [1.807, 2.05) is 18.2 Å². The van der Waals surface area contributed by atoms with E-state index >= 15 is 0 Å². The predicted octanol–water partition coefficient (Wildman–Crippen LogP) is 4.56. The molecule has 0 aromatic heterocycles. The van der Waals surface area contributed by atoms with Crippen molar-refractivity contribution in [3.05, 3.63) is 82.9 Å². The van der Waals surface area contributed by atoms with Gasteiger partial charge in [0.1, 0.15) is 0 Å². The lowest BCUT2D eigenvalue weighted by Crippen LogP contribution is -1.98. The molecule has 0 radical (unpaired) electrons. The van der Waals surface area contributed by atoms with Gasteiger partial charge in [-0.3, -0.25) is 0 Å². The first-order chi connectivity index (χ1) is 11.4. The third kappa shape index (κ3) is 9.96. The first kappa shape index (κ1) is 22.4. The van der Waals surface area contributed by atoms with Crippen LogP contribution in [-0.4, -0.2) is 22.2 Å².